The molecule has 6 aromatic rings. The van der Waals surface area contributed by atoms with Crippen LogP contribution in [0.1, 0.15) is 0 Å². The molecule has 0 aliphatic rings. The van der Waals surface area contributed by atoms with E-state index >= 15 is 0 Å². The Labute approximate surface area is 185 Å². The number of hydrogen-bond donors (Lipinski definition) is 1. The van der Waals surface area contributed by atoms with Crippen LogP contribution in [0.15, 0.2) is 98.9 Å². The molecule has 3 heterocycles. The second kappa shape index (κ2) is 6.93. The summed E-state index contributed by atoms with van der Waals surface area (Å²) in [4.78, 5) is 27.3. The molecule has 0 spiro atoms. The maximum Gasteiger partial charge on any atom is 0.348 e. The topological polar surface area (TPSA) is 71.9 Å². The molecule has 0 fully saturated rings. The van der Waals surface area contributed by atoms with Crippen molar-refractivity contribution in [1.82, 2.24) is 4.40 Å². The summed E-state index contributed by atoms with van der Waals surface area (Å²) >= 11 is 1.37. The summed E-state index contributed by atoms with van der Waals surface area (Å²) in [7, 11) is 0. The quantitative estimate of drug-likeness (QED) is 0.379. The molecular weight excluding hydrogens is 422 g/mol. The van der Waals surface area contributed by atoms with Gasteiger partial charge < -0.3 is 9.52 Å². The molecule has 5 nitrogen and oxygen atoms in total. The fraction of sp³-hybridized carbons (Fsp3) is 0. The van der Waals surface area contributed by atoms with E-state index in [2.05, 4.69) is 0 Å². The summed E-state index contributed by atoms with van der Waals surface area (Å²) in [5.41, 5.74) is 1.33. The van der Waals surface area contributed by atoms with Crippen LogP contribution in [0.2, 0.25) is 0 Å². The third kappa shape index (κ3) is 2.57. The van der Waals surface area contributed by atoms with Gasteiger partial charge in [-0.1, -0.05) is 72.8 Å². The monoisotopic (exact) mass is 437 g/mol. The SMILES string of the molecule is O=c1oc2c(-c3ccccc3)c(=O)n3c4ccccc4sc3c2c(O)c1-c1ccccc1. The number of fused-ring (bicyclic) bond motifs is 5. The van der Waals surface area contributed by atoms with Crippen molar-refractivity contribution in [3.63, 3.8) is 0 Å². The average molecular weight is 437 g/mol. The molecule has 32 heavy (non-hydrogen) atoms. The van der Waals surface area contributed by atoms with E-state index in [9.17, 15) is 14.7 Å². The fourth-order valence-electron chi connectivity index (χ4n) is 4.18. The molecule has 0 atom stereocenters. The fourth-order valence-corrected chi connectivity index (χ4v) is 5.36. The van der Waals surface area contributed by atoms with Crippen LogP contribution in [0.5, 0.6) is 5.75 Å². The van der Waals surface area contributed by atoms with Gasteiger partial charge in [0.15, 0.2) is 5.58 Å². The Hall–Kier alpha value is -4.16. The van der Waals surface area contributed by atoms with E-state index in [1.165, 1.54) is 11.3 Å². The van der Waals surface area contributed by atoms with E-state index in [1.54, 1.807) is 40.8 Å². The Balaban J connectivity index is 1.91. The van der Waals surface area contributed by atoms with Crippen molar-refractivity contribution in [2.45, 2.75) is 0 Å². The van der Waals surface area contributed by atoms with Crippen molar-refractivity contribution >= 4 is 37.4 Å². The van der Waals surface area contributed by atoms with Crippen molar-refractivity contribution in [2.75, 3.05) is 0 Å². The van der Waals surface area contributed by atoms with Gasteiger partial charge in [0.05, 0.1) is 21.2 Å². The Morgan fingerprint density at radius 2 is 1.34 bits per heavy atom. The van der Waals surface area contributed by atoms with Gasteiger partial charge in [0.2, 0.25) is 0 Å². The molecule has 3 aromatic carbocycles. The summed E-state index contributed by atoms with van der Waals surface area (Å²) < 4.78 is 8.26. The van der Waals surface area contributed by atoms with Crippen molar-refractivity contribution in [3.05, 3.63) is 106 Å². The first-order chi connectivity index (χ1) is 15.6. The van der Waals surface area contributed by atoms with E-state index < -0.39 is 5.63 Å². The zero-order valence-corrected chi connectivity index (χ0v) is 17.4. The first-order valence-electron chi connectivity index (χ1n) is 10.0. The molecule has 0 saturated heterocycles. The van der Waals surface area contributed by atoms with Gasteiger partial charge in [0, 0.05) is 0 Å². The van der Waals surface area contributed by atoms with Crippen molar-refractivity contribution in [2.24, 2.45) is 0 Å². The summed E-state index contributed by atoms with van der Waals surface area (Å²) in [5, 5.41) is 11.8. The molecule has 0 unspecified atom stereocenters. The molecule has 0 bridgehead atoms. The number of aromatic hydroxyl groups is 1. The minimum absolute atomic E-state index is 0.0788. The first-order valence-corrected chi connectivity index (χ1v) is 10.8. The number of benzene rings is 3. The lowest BCUT2D eigenvalue weighted by Crippen LogP contribution is -2.17. The van der Waals surface area contributed by atoms with Crippen LogP contribution in [0.3, 0.4) is 0 Å². The second-order valence-electron chi connectivity index (χ2n) is 7.44. The minimum Gasteiger partial charge on any atom is -0.506 e. The van der Waals surface area contributed by atoms with Gasteiger partial charge in [-0.3, -0.25) is 9.20 Å². The van der Waals surface area contributed by atoms with Crippen molar-refractivity contribution in [1.29, 1.82) is 0 Å². The highest BCUT2D eigenvalue weighted by molar-refractivity contribution is 7.24. The molecule has 0 saturated carbocycles. The van der Waals surface area contributed by atoms with E-state index in [-0.39, 0.29) is 28.0 Å². The summed E-state index contributed by atoms with van der Waals surface area (Å²) in [6.07, 6.45) is 0. The van der Waals surface area contributed by atoms with E-state index in [1.807, 2.05) is 48.5 Å². The molecule has 0 aliphatic carbocycles. The second-order valence-corrected chi connectivity index (χ2v) is 8.47. The standard InChI is InChI=1S/C26H15NO4S/c28-22-19(15-9-3-1-4-10-15)26(30)31-23-20(16-11-5-2-6-12-16)24(29)27-17-13-7-8-14-18(17)32-25(27)21(22)23/h1-14,28H. The third-order valence-corrected chi connectivity index (χ3v) is 6.74. The molecule has 6 heteroatoms. The number of para-hydroxylation sites is 1. The van der Waals surface area contributed by atoms with Crippen LogP contribution in [0, 0.1) is 0 Å². The molecule has 0 aliphatic heterocycles. The zero-order valence-electron chi connectivity index (χ0n) is 16.6. The summed E-state index contributed by atoms with van der Waals surface area (Å²) in [6, 6.07) is 25.5. The lowest BCUT2D eigenvalue weighted by atomic mass is 10.0. The Morgan fingerprint density at radius 1 is 0.750 bits per heavy atom. The van der Waals surface area contributed by atoms with Gasteiger partial charge in [-0.25, -0.2) is 4.79 Å². The molecule has 1 N–H and O–H groups in total. The van der Waals surface area contributed by atoms with Crippen LogP contribution in [-0.4, -0.2) is 9.51 Å². The summed E-state index contributed by atoms with van der Waals surface area (Å²) in [6.45, 7) is 0. The molecule has 0 radical (unpaired) electrons. The lowest BCUT2D eigenvalue weighted by Gasteiger charge is -2.11. The van der Waals surface area contributed by atoms with Gasteiger partial charge in [0.25, 0.3) is 5.56 Å². The van der Waals surface area contributed by atoms with Crippen LogP contribution < -0.4 is 11.2 Å². The predicted octanol–water partition coefficient (Wildman–Crippen LogP) is 5.66. The highest BCUT2D eigenvalue weighted by Crippen LogP contribution is 2.41. The van der Waals surface area contributed by atoms with Gasteiger partial charge in [0.1, 0.15) is 16.1 Å². The Bertz CT molecular complexity index is 1760. The molecule has 0 amide bonds. The number of rotatable bonds is 2. The van der Waals surface area contributed by atoms with E-state index in [0.29, 0.717) is 21.3 Å². The molecular formula is C26H15NO4S. The van der Waals surface area contributed by atoms with Gasteiger partial charge in [-0.2, -0.15) is 0 Å². The van der Waals surface area contributed by atoms with Crippen LogP contribution in [-0.2, 0) is 0 Å². The first kappa shape index (κ1) is 18.6. The van der Waals surface area contributed by atoms with Gasteiger partial charge in [-0.05, 0) is 23.3 Å². The van der Waals surface area contributed by atoms with Gasteiger partial charge >= 0.3 is 5.63 Å². The van der Waals surface area contributed by atoms with Crippen LogP contribution >= 0.6 is 11.3 Å². The lowest BCUT2D eigenvalue weighted by molar-refractivity contribution is 0.471. The largest absolute Gasteiger partial charge is 0.506 e. The number of nitrogens with zero attached hydrogens (tertiary/aromatic N) is 1. The maximum absolute atomic E-state index is 13.7. The number of aromatic nitrogens is 1. The molecule has 154 valence electrons. The smallest absolute Gasteiger partial charge is 0.348 e. The highest BCUT2D eigenvalue weighted by Gasteiger charge is 2.25. The van der Waals surface area contributed by atoms with Crippen LogP contribution in [0.4, 0.5) is 0 Å². The van der Waals surface area contributed by atoms with Gasteiger partial charge in [-0.15, -0.1) is 11.3 Å². The molecule has 6 rings (SSSR count). The average Bonchev–Trinajstić information content (AvgIpc) is 3.20. The summed E-state index contributed by atoms with van der Waals surface area (Å²) in [5.74, 6) is -0.191. The predicted molar refractivity (Wildman–Crippen MR) is 128 cm³/mol. The number of thiazole rings is 1. The van der Waals surface area contributed by atoms with Crippen molar-refractivity contribution < 1.29 is 9.52 Å². The highest BCUT2D eigenvalue weighted by atomic mass is 32.1. The van der Waals surface area contributed by atoms with E-state index in [0.717, 1.165) is 10.2 Å². The third-order valence-electron chi connectivity index (χ3n) is 5.60. The Morgan fingerprint density at radius 3 is 2.03 bits per heavy atom. The number of pyridine rings is 1. The number of hydrogen-bond acceptors (Lipinski definition) is 5. The normalized spacial score (nSPS) is 11.5. The maximum atomic E-state index is 13.7. The minimum atomic E-state index is -0.691. The van der Waals surface area contributed by atoms with Crippen LogP contribution in [0.25, 0.3) is 48.3 Å². The van der Waals surface area contributed by atoms with Crippen molar-refractivity contribution in [3.8, 4) is 28.0 Å². The zero-order chi connectivity index (χ0) is 21.8. The molecule has 3 aromatic heterocycles. The Kier molecular flexibility index (Phi) is 4.03. The van der Waals surface area contributed by atoms with E-state index in [4.69, 9.17) is 4.42 Å².